The maximum atomic E-state index is 13.9. The SMILES string of the molecule is Cn1nnnc1SCC1=C(C(=O)O)N2C(=O)[C@@H](NC(=O)C(c3csc(N)n3)N(C(N)=O)c3cnc(NCCCO)[nH]c3=O)[C@@H]2SC1. The van der Waals surface area contributed by atoms with E-state index in [-0.39, 0.29) is 40.6 Å². The fourth-order valence-electron chi connectivity index (χ4n) is 4.65. The molecule has 20 nitrogen and oxygen atoms in total. The number of urea groups is 1. The lowest BCUT2D eigenvalue weighted by molar-refractivity contribution is -0.150. The van der Waals surface area contributed by atoms with Crippen LogP contribution in [0.5, 0.6) is 0 Å². The third-order valence-electron chi connectivity index (χ3n) is 6.74. The summed E-state index contributed by atoms with van der Waals surface area (Å²) >= 11 is 3.42. The Kier molecular flexibility index (Phi) is 9.74. The van der Waals surface area contributed by atoms with Crippen LogP contribution in [0.1, 0.15) is 18.2 Å². The van der Waals surface area contributed by atoms with Gasteiger partial charge in [0, 0.05) is 37.1 Å². The fraction of sp³-hybridized carbons (Fsp3) is 0.391. The number of primary amides is 1. The van der Waals surface area contributed by atoms with Gasteiger partial charge in [-0.25, -0.2) is 24.2 Å². The Hall–Kier alpha value is -4.74. The zero-order chi connectivity index (χ0) is 33.1. The van der Waals surface area contributed by atoms with Gasteiger partial charge in [0.05, 0.1) is 11.9 Å². The van der Waals surface area contributed by atoms with E-state index in [4.69, 9.17) is 16.6 Å². The summed E-state index contributed by atoms with van der Waals surface area (Å²) in [6.07, 6.45) is 1.42. The first-order chi connectivity index (χ1) is 22.0. The number of β-lactam (4-membered cyclic amide) rings is 1. The number of hydrogen-bond acceptors (Lipinski definition) is 16. The maximum absolute atomic E-state index is 13.9. The molecule has 1 saturated heterocycles. The van der Waals surface area contributed by atoms with E-state index in [1.807, 2.05) is 0 Å². The number of aromatic nitrogens is 7. The normalized spacial score (nSPS) is 18.0. The number of nitrogen functional groups attached to an aromatic ring is 1. The highest BCUT2D eigenvalue weighted by atomic mass is 32.2. The van der Waals surface area contributed by atoms with Gasteiger partial charge in [0.15, 0.2) is 11.2 Å². The van der Waals surface area contributed by atoms with Gasteiger partial charge >= 0.3 is 12.0 Å². The number of H-pyrrole nitrogens is 1. The molecule has 0 bridgehead atoms. The number of carbonyl (C=O) groups excluding carboxylic acids is 3. The van der Waals surface area contributed by atoms with Crippen molar-refractivity contribution in [3.05, 3.63) is 38.9 Å². The van der Waals surface area contributed by atoms with Crippen molar-refractivity contribution in [3.63, 3.8) is 0 Å². The molecule has 1 unspecified atom stereocenters. The number of carboxylic acids is 1. The van der Waals surface area contributed by atoms with E-state index in [0.717, 1.165) is 22.4 Å². The van der Waals surface area contributed by atoms with Crippen LogP contribution in [0.2, 0.25) is 0 Å². The van der Waals surface area contributed by atoms with E-state index in [1.165, 1.54) is 33.6 Å². The highest BCUT2D eigenvalue weighted by Gasteiger charge is 2.55. The Labute approximate surface area is 271 Å². The van der Waals surface area contributed by atoms with Gasteiger partial charge in [0.1, 0.15) is 22.8 Å². The van der Waals surface area contributed by atoms with E-state index >= 15 is 0 Å². The number of aryl methyl sites for hydroxylation is 1. The van der Waals surface area contributed by atoms with E-state index in [0.29, 0.717) is 28.6 Å². The van der Waals surface area contributed by atoms with E-state index in [9.17, 15) is 29.1 Å². The topological polar surface area (TPSA) is 294 Å². The van der Waals surface area contributed by atoms with Gasteiger partial charge in [-0.15, -0.1) is 28.2 Å². The summed E-state index contributed by atoms with van der Waals surface area (Å²) in [5.41, 5.74) is 10.5. The minimum atomic E-state index is -1.65. The van der Waals surface area contributed by atoms with Crippen LogP contribution in [-0.2, 0) is 21.4 Å². The maximum Gasteiger partial charge on any atom is 0.352 e. The first-order valence-electron chi connectivity index (χ1n) is 13.3. The number of hydrogen-bond donors (Lipinski definition) is 7. The zero-order valence-corrected chi connectivity index (χ0v) is 26.3. The average Bonchev–Trinajstić information content (AvgIpc) is 3.64. The number of aromatic amines is 1. The molecule has 5 rings (SSSR count). The second-order valence-electron chi connectivity index (χ2n) is 9.70. The molecule has 244 valence electrons. The molecule has 46 heavy (non-hydrogen) atoms. The molecule has 2 aliphatic heterocycles. The van der Waals surface area contributed by atoms with Crippen LogP contribution in [0.4, 0.5) is 21.6 Å². The number of rotatable bonds is 13. The number of nitrogens with two attached hydrogens (primary N) is 2. The van der Waals surface area contributed by atoms with Crippen molar-refractivity contribution in [2.24, 2.45) is 12.8 Å². The summed E-state index contributed by atoms with van der Waals surface area (Å²) in [7, 11) is 1.64. The molecular formula is C23H27N13O7S3. The average molecular weight is 694 g/mol. The Morgan fingerprint density at radius 2 is 2.11 bits per heavy atom. The number of aliphatic hydroxyl groups is 1. The number of aliphatic carboxylic acids is 1. The molecule has 0 saturated carbocycles. The van der Waals surface area contributed by atoms with Crippen molar-refractivity contribution >= 4 is 75.4 Å². The van der Waals surface area contributed by atoms with Gasteiger partial charge in [0.25, 0.3) is 11.5 Å². The summed E-state index contributed by atoms with van der Waals surface area (Å²) in [6, 6.07) is -4.03. The number of nitrogens with one attached hydrogen (secondary N) is 3. The number of carbonyl (C=O) groups is 4. The first kappa shape index (κ1) is 32.6. The molecular weight excluding hydrogens is 667 g/mol. The lowest BCUT2D eigenvalue weighted by Gasteiger charge is -2.49. The van der Waals surface area contributed by atoms with E-state index in [2.05, 4.69) is 41.1 Å². The predicted octanol–water partition coefficient (Wildman–Crippen LogP) is -1.72. The Morgan fingerprint density at radius 3 is 2.72 bits per heavy atom. The minimum absolute atomic E-state index is 0.0352. The van der Waals surface area contributed by atoms with Crippen LogP contribution in [0.3, 0.4) is 0 Å². The standard InChI is InChI=1S/C23H27N13O7S3/c1-34-23(31-32-33-34)46-7-9-6-44-18-12(17(40)36(18)13(9)19(41)42)29-16(39)14(10-8-45-20(24)28-10)35(21(25)43)11-5-27-22(30-15(11)38)26-3-2-4-37/h5,8,12,14,18,37H,2-4,6-7H2,1H3,(H2,24,28)(H2,25,43)(H,29,39)(H,41,42)(H2,26,27,30,38)/t12-,14?,18+/m1/s1. The van der Waals surface area contributed by atoms with Gasteiger partial charge in [-0.05, 0) is 22.4 Å². The van der Waals surface area contributed by atoms with Crippen LogP contribution in [-0.4, -0.2) is 110 Å². The molecule has 5 heterocycles. The largest absolute Gasteiger partial charge is 0.477 e. The minimum Gasteiger partial charge on any atom is -0.477 e. The summed E-state index contributed by atoms with van der Waals surface area (Å²) in [5.74, 6) is -2.44. The van der Waals surface area contributed by atoms with E-state index in [1.54, 1.807) is 7.05 Å². The van der Waals surface area contributed by atoms with Crippen LogP contribution < -0.4 is 32.6 Å². The summed E-state index contributed by atoms with van der Waals surface area (Å²) < 4.78 is 1.43. The molecule has 0 radical (unpaired) electrons. The Balaban J connectivity index is 1.39. The number of thiazole rings is 1. The third-order valence-corrected chi connectivity index (χ3v) is 9.86. The number of anilines is 3. The molecule has 1 fully saturated rings. The van der Waals surface area contributed by atoms with Crippen molar-refractivity contribution in [1.82, 2.24) is 45.4 Å². The molecule has 23 heteroatoms. The Morgan fingerprint density at radius 1 is 1.33 bits per heavy atom. The van der Waals surface area contributed by atoms with Gasteiger partial charge in [-0.2, -0.15) is 0 Å². The predicted molar refractivity (Wildman–Crippen MR) is 166 cm³/mol. The van der Waals surface area contributed by atoms with Crippen LogP contribution in [0.15, 0.2) is 32.8 Å². The van der Waals surface area contributed by atoms with Crippen molar-refractivity contribution in [2.75, 3.05) is 40.6 Å². The number of fused-ring (bicyclic) bond motifs is 1. The number of thioether (sulfide) groups is 2. The smallest absolute Gasteiger partial charge is 0.352 e. The number of nitrogens with zero attached hydrogens (tertiary/aromatic N) is 8. The number of tetrazole rings is 1. The number of aliphatic hydroxyl groups excluding tert-OH is 1. The summed E-state index contributed by atoms with van der Waals surface area (Å²) in [4.78, 5) is 77.7. The third kappa shape index (κ3) is 6.47. The van der Waals surface area contributed by atoms with Crippen LogP contribution >= 0.6 is 34.9 Å². The molecule has 4 amide bonds. The zero-order valence-electron chi connectivity index (χ0n) is 23.8. The molecule has 0 aliphatic carbocycles. The number of carboxylic acid groups (broad SMARTS) is 1. The van der Waals surface area contributed by atoms with Gasteiger partial charge in [0.2, 0.25) is 17.0 Å². The molecule has 0 aromatic carbocycles. The molecule has 2 aliphatic rings. The van der Waals surface area contributed by atoms with Gasteiger partial charge < -0.3 is 32.3 Å². The Bertz CT molecular complexity index is 1760. The lowest BCUT2D eigenvalue weighted by atomic mass is 10.0. The summed E-state index contributed by atoms with van der Waals surface area (Å²) in [6.45, 7) is 0.208. The first-order valence-corrected chi connectivity index (χ1v) is 16.2. The second-order valence-corrected chi connectivity index (χ2v) is 12.6. The van der Waals surface area contributed by atoms with E-state index < -0.39 is 52.5 Å². The lowest BCUT2D eigenvalue weighted by Crippen LogP contribution is -2.71. The summed E-state index contributed by atoms with van der Waals surface area (Å²) in [5, 5.41) is 36.7. The highest BCUT2D eigenvalue weighted by molar-refractivity contribution is 8.01. The molecule has 0 spiro atoms. The van der Waals surface area contributed by atoms with Crippen molar-refractivity contribution in [1.29, 1.82) is 0 Å². The number of amides is 4. The van der Waals surface area contributed by atoms with Crippen molar-refractivity contribution < 1.29 is 29.4 Å². The van der Waals surface area contributed by atoms with Crippen molar-refractivity contribution in [2.45, 2.75) is 29.0 Å². The van der Waals surface area contributed by atoms with Gasteiger partial charge in [-0.3, -0.25) is 29.2 Å². The molecule has 9 N–H and O–H groups in total. The van der Waals surface area contributed by atoms with Crippen LogP contribution in [0, 0.1) is 0 Å². The van der Waals surface area contributed by atoms with Crippen molar-refractivity contribution in [3.8, 4) is 0 Å². The fourth-order valence-corrected chi connectivity index (χ4v) is 7.57. The highest BCUT2D eigenvalue weighted by Crippen LogP contribution is 2.42. The second kappa shape index (κ2) is 13.7. The monoisotopic (exact) mass is 693 g/mol. The quantitative estimate of drug-likeness (QED) is 0.0595. The molecule has 3 aromatic heterocycles. The van der Waals surface area contributed by atoms with Crippen LogP contribution in [0.25, 0.3) is 0 Å². The van der Waals surface area contributed by atoms with Gasteiger partial charge in [-0.1, -0.05) is 11.8 Å². The molecule has 3 atom stereocenters. The molecule has 3 aromatic rings.